The average Bonchev–Trinajstić information content (AvgIpc) is 3.57. The number of amides is 2. The zero-order valence-electron chi connectivity index (χ0n) is 20.2. The van der Waals surface area contributed by atoms with Gasteiger partial charge in [-0.25, -0.2) is 4.39 Å². The van der Waals surface area contributed by atoms with Gasteiger partial charge < -0.3 is 15.0 Å². The lowest BCUT2D eigenvalue weighted by atomic mass is 9.96. The van der Waals surface area contributed by atoms with Gasteiger partial charge in [-0.2, -0.15) is 0 Å². The van der Waals surface area contributed by atoms with E-state index < -0.39 is 6.04 Å². The van der Waals surface area contributed by atoms with E-state index in [0.717, 1.165) is 11.3 Å². The smallest absolute Gasteiger partial charge is 0.247 e. The second-order valence-corrected chi connectivity index (χ2v) is 10.2. The lowest BCUT2D eigenvalue weighted by molar-refractivity contribution is -0.136. The predicted octanol–water partition coefficient (Wildman–Crippen LogP) is 6.32. The van der Waals surface area contributed by atoms with Crippen LogP contribution in [0.25, 0.3) is 0 Å². The summed E-state index contributed by atoms with van der Waals surface area (Å²) < 4.78 is 18.8. The van der Waals surface area contributed by atoms with Gasteiger partial charge in [0.05, 0.1) is 6.42 Å². The first-order valence-corrected chi connectivity index (χ1v) is 13.1. The number of benzene rings is 3. The molecule has 5 rings (SSSR count). The molecular formula is C30H27FN2O3S. The van der Waals surface area contributed by atoms with Crippen LogP contribution in [0.15, 0.2) is 96.4 Å². The Balaban J connectivity index is 1.26. The van der Waals surface area contributed by atoms with Gasteiger partial charge in [-0.1, -0.05) is 36.4 Å². The van der Waals surface area contributed by atoms with Crippen LogP contribution in [-0.4, -0.2) is 29.3 Å². The molecule has 7 heteroatoms. The summed E-state index contributed by atoms with van der Waals surface area (Å²) in [5, 5.41) is 4.93. The number of nitrogens with zero attached hydrogens (tertiary/aromatic N) is 1. The Morgan fingerprint density at radius 1 is 0.919 bits per heavy atom. The van der Waals surface area contributed by atoms with Crippen LogP contribution in [-0.2, 0) is 22.4 Å². The van der Waals surface area contributed by atoms with E-state index in [-0.39, 0.29) is 23.5 Å². The Labute approximate surface area is 219 Å². The SMILES string of the molecule is O=C(Nc1ccc(Oc2ccc(F)cc2)cc1)[C@@H]1C[C@@H](Cc2ccccc2)CN1C(=O)Cc1cccs1. The van der Waals surface area contributed by atoms with Crippen molar-refractivity contribution >= 4 is 28.8 Å². The normalized spacial score (nSPS) is 16.9. The summed E-state index contributed by atoms with van der Waals surface area (Å²) in [5.74, 6) is 0.751. The standard InChI is InChI=1S/C30H27FN2O3S/c31-23-8-12-25(13-9-23)36-26-14-10-24(11-15-26)32-30(35)28-18-22(17-21-5-2-1-3-6-21)20-33(28)29(34)19-27-7-4-16-37-27/h1-16,22,28H,17-20H2,(H,32,35)/t22-,28+/m1/s1. The molecule has 1 aliphatic rings. The predicted molar refractivity (Wildman–Crippen MR) is 143 cm³/mol. The van der Waals surface area contributed by atoms with Crippen molar-refractivity contribution in [2.45, 2.75) is 25.3 Å². The summed E-state index contributed by atoms with van der Waals surface area (Å²) >= 11 is 1.55. The van der Waals surface area contributed by atoms with E-state index in [1.807, 2.05) is 35.7 Å². The molecule has 0 bridgehead atoms. The summed E-state index contributed by atoms with van der Waals surface area (Å²) in [5.41, 5.74) is 1.82. The highest BCUT2D eigenvalue weighted by atomic mass is 32.1. The second-order valence-electron chi connectivity index (χ2n) is 9.18. The van der Waals surface area contributed by atoms with Crippen LogP contribution in [0.2, 0.25) is 0 Å². The van der Waals surface area contributed by atoms with Gasteiger partial charge in [-0.05, 0) is 84.3 Å². The number of hydrogen-bond donors (Lipinski definition) is 1. The van der Waals surface area contributed by atoms with Crippen molar-refractivity contribution in [2.75, 3.05) is 11.9 Å². The number of likely N-dealkylation sites (tertiary alicyclic amines) is 1. The quantitative estimate of drug-likeness (QED) is 0.299. The molecule has 5 nitrogen and oxygen atoms in total. The second kappa shape index (κ2) is 11.4. The molecule has 1 aromatic heterocycles. The molecule has 0 saturated carbocycles. The van der Waals surface area contributed by atoms with Gasteiger partial charge in [-0.15, -0.1) is 11.3 Å². The van der Waals surface area contributed by atoms with E-state index in [4.69, 9.17) is 4.74 Å². The number of rotatable bonds is 8. The van der Waals surface area contributed by atoms with Crippen molar-refractivity contribution in [3.63, 3.8) is 0 Å². The fourth-order valence-corrected chi connectivity index (χ4v) is 5.37. The monoisotopic (exact) mass is 514 g/mol. The van der Waals surface area contributed by atoms with Crippen molar-refractivity contribution in [1.29, 1.82) is 0 Å². The van der Waals surface area contributed by atoms with E-state index in [0.29, 0.717) is 36.6 Å². The molecule has 2 amide bonds. The van der Waals surface area contributed by atoms with Gasteiger partial charge in [0.25, 0.3) is 0 Å². The summed E-state index contributed by atoms with van der Waals surface area (Å²) in [6, 6.07) is 26.3. The highest BCUT2D eigenvalue weighted by Crippen LogP contribution is 2.29. The van der Waals surface area contributed by atoms with Crippen molar-refractivity contribution in [3.8, 4) is 11.5 Å². The van der Waals surface area contributed by atoms with E-state index in [2.05, 4.69) is 17.4 Å². The number of carbonyl (C=O) groups excluding carboxylic acids is 2. The maximum atomic E-state index is 13.4. The van der Waals surface area contributed by atoms with E-state index in [1.54, 1.807) is 52.6 Å². The van der Waals surface area contributed by atoms with Gasteiger partial charge in [-0.3, -0.25) is 9.59 Å². The fourth-order valence-electron chi connectivity index (χ4n) is 4.68. The Morgan fingerprint density at radius 2 is 1.62 bits per heavy atom. The lowest BCUT2D eigenvalue weighted by Crippen LogP contribution is -2.43. The number of ether oxygens (including phenoxy) is 1. The number of carbonyl (C=O) groups is 2. The molecule has 1 fully saturated rings. The first kappa shape index (κ1) is 24.7. The zero-order valence-corrected chi connectivity index (χ0v) is 21.0. The summed E-state index contributed by atoms with van der Waals surface area (Å²) in [7, 11) is 0. The highest BCUT2D eigenvalue weighted by molar-refractivity contribution is 7.10. The number of halogens is 1. The Kier molecular flexibility index (Phi) is 7.61. The van der Waals surface area contributed by atoms with E-state index >= 15 is 0 Å². The van der Waals surface area contributed by atoms with Gasteiger partial charge in [0.2, 0.25) is 11.8 Å². The van der Waals surface area contributed by atoms with Crippen molar-refractivity contribution in [2.24, 2.45) is 5.92 Å². The minimum absolute atomic E-state index is 0.0267. The largest absolute Gasteiger partial charge is 0.457 e. The van der Waals surface area contributed by atoms with E-state index in [1.165, 1.54) is 17.7 Å². The molecule has 1 aliphatic heterocycles. The Bertz CT molecular complexity index is 1330. The molecule has 2 heterocycles. The molecule has 1 N–H and O–H groups in total. The minimum Gasteiger partial charge on any atom is -0.457 e. The average molecular weight is 515 g/mol. The Morgan fingerprint density at radius 3 is 2.30 bits per heavy atom. The third-order valence-electron chi connectivity index (χ3n) is 6.45. The maximum Gasteiger partial charge on any atom is 0.247 e. The molecular weight excluding hydrogens is 487 g/mol. The molecule has 188 valence electrons. The van der Waals surface area contributed by atoms with Gasteiger partial charge in [0.15, 0.2) is 0 Å². The van der Waals surface area contributed by atoms with Crippen LogP contribution in [0, 0.1) is 11.7 Å². The van der Waals surface area contributed by atoms with Gasteiger partial charge in [0, 0.05) is 17.1 Å². The van der Waals surface area contributed by atoms with Crippen LogP contribution in [0.3, 0.4) is 0 Å². The first-order valence-electron chi connectivity index (χ1n) is 12.2. The minimum atomic E-state index is -0.531. The van der Waals surface area contributed by atoms with Crippen LogP contribution >= 0.6 is 11.3 Å². The summed E-state index contributed by atoms with van der Waals surface area (Å²) in [6.45, 7) is 0.557. The number of nitrogens with one attached hydrogen (secondary N) is 1. The number of hydrogen-bond acceptors (Lipinski definition) is 4. The number of anilines is 1. The van der Waals surface area contributed by atoms with Crippen molar-refractivity contribution < 1.29 is 18.7 Å². The molecule has 0 spiro atoms. The van der Waals surface area contributed by atoms with Gasteiger partial charge in [0.1, 0.15) is 23.4 Å². The third-order valence-corrected chi connectivity index (χ3v) is 7.33. The molecule has 0 unspecified atom stereocenters. The van der Waals surface area contributed by atoms with Crippen LogP contribution in [0.1, 0.15) is 16.9 Å². The molecule has 3 aromatic carbocycles. The van der Waals surface area contributed by atoms with Crippen molar-refractivity contribution in [3.05, 3.63) is 113 Å². The molecule has 0 aliphatic carbocycles. The van der Waals surface area contributed by atoms with Crippen molar-refractivity contribution in [1.82, 2.24) is 4.90 Å². The highest BCUT2D eigenvalue weighted by Gasteiger charge is 2.39. The maximum absolute atomic E-state index is 13.4. The lowest BCUT2D eigenvalue weighted by Gasteiger charge is -2.24. The summed E-state index contributed by atoms with van der Waals surface area (Å²) in [6.07, 6.45) is 1.74. The molecule has 2 atom stereocenters. The van der Waals surface area contributed by atoms with E-state index in [9.17, 15) is 14.0 Å². The zero-order chi connectivity index (χ0) is 25.6. The molecule has 37 heavy (non-hydrogen) atoms. The Hall–Kier alpha value is -3.97. The number of thiophene rings is 1. The fraction of sp³-hybridized carbons (Fsp3) is 0.200. The first-order chi connectivity index (χ1) is 18.0. The van der Waals surface area contributed by atoms with Crippen LogP contribution in [0.4, 0.5) is 10.1 Å². The molecule has 4 aromatic rings. The topological polar surface area (TPSA) is 58.6 Å². The molecule has 0 radical (unpaired) electrons. The van der Waals surface area contributed by atoms with Gasteiger partial charge >= 0.3 is 0 Å². The van der Waals surface area contributed by atoms with Crippen LogP contribution in [0.5, 0.6) is 11.5 Å². The third kappa shape index (κ3) is 6.43. The summed E-state index contributed by atoms with van der Waals surface area (Å²) in [4.78, 5) is 29.3. The van der Waals surface area contributed by atoms with Crippen LogP contribution < -0.4 is 10.1 Å². The molecule has 1 saturated heterocycles.